The van der Waals surface area contributed by atoms with Crippen LogP contribution in [0.2, 0.25) is 0 Å². The van der Waals surface area contributed by atoms with Gasteiger partial charge in [0.1, 0.15) is 0 Å². The van der Waals surface area contributed by atoms with E-state index in [4.69, 9.17) is 14.2 Å². The molecule has 0 saturated heterocycles. The van der Waals surface area contributed by atoms with E-state index >= 15 is 0 Å². The number of hydrogen-bond donors (Lipinski definition) is 2. The average molecular weight is 356 g/mol. The molecule has 0 aromatic heterocycles. The smallest absolute Gasteiger partial charge is 0.255 e. The summed E-state index contributed by atoms with van der Waals surface area (Å²) in [4.78, 5) is 24.6. The minimum absolute atomic E-state index is 0.175. The van der Waals surface area contributed by atoms with Gasteiger partial charge in [0.2, 0.25) is 6.79 Å². The topological polar surface area (TPSA) is 85.9 Å². The highest BCUT2D eigenvalue weighted by Gasteiger charge is 2.15. The fourth-order valence-corrected chi connectivity index (χ4v) is 2.50. The first-order chi connectivity index (χ1) is 12.7. The summed E-state index contributed by atoms with van der Waals surface area (Å²) in [7, 11) is 1.62. The zero-order valence-electron chi connectivity index (χ0n) is 14.4. The Morgan fingerprint density at radius 1 is 1.04 bits per heavy atom. The number of nitrogens with one attached hydrogen (secondary N) is 2. The molecule has 2 amide bonds. The first kappa shape index (κ1) is 17.8. The third kappa shape index (κ3) is 4.31. The summed E-state index contributed by atoms with van der Waals surface area (Å²) in [6.45, 7) is 1.27. The van der Waals surface area contributed by atoms with Crippen molar-refractivity contribution in [3.05, 3.63) is 53.6 Å². The van der Waals surface area contributed by atoms with Crippen molar-refractivity contribution < 1.29 is 23.8 Å². The van der Waals surface area contributed by atoms with Gasteiger partial charge in [0.25, 0.3) is 11.8 Å². The van der Waals surface area contributed by atoms with Crippen molar-refractivity contribution in [2.24, 2.45) is 0 Å². The molecule has 136 valence electrons. The average Bonchev–Trinajstić information content (AvgIpc) is 3.13. The summed E-state index contributed by atoms with van der Waals surface area (Å²) < 4.78 is 15.5. The van der Waals surface area contributed by atoms with Crippen LogP contribution in [0, 0.1) is 0 Å². The van der Waals surface area contributed by atoms with Gasteiger partial charge in [0.05, 0.1) is 0 Å². The lowest BCUT2D eigenvalue weighted by Crippen LogP contribution is -2.25. The molecule has 0 fully saturated rings. The van der Waals surface area contributed by atoms with Gasteiger partial charge >= 0.3 is 0 Å². The molecular weight excluding hydrogens is 336 g/mol. The zero-order chi connectivity index (χ0) is 18.4. The second-order valence-electron chi connectivity index (χ2n) is 5.71. The molecule has 0 bridgehead atoms. The van der Waals surface area contributed by atoms with Gasteiger partial charge in [0, 0.05) is 43.1 Å². The monoisotopic (exact) mass is 356 g/mol. The molecule has 7 nitrogen and oxygen atoms in total. The van der Waals surface area contributed by atoms with Crippen molar-refractivity contribution in [1.29, 1.82) is 0 Å². The van der Waals surface area contributed by atoms with Crippen LogP contribution in [0.3, 0.4) is 0 Å². The molecule has 2 aromatic rings. The van der Waals surface area contributed by atoms with Crippen LogP contribution >= 0.6 is 0 Å². The fraction of sp³-hybridized carbons (Fsp3) is 0.263. The SMILES string of the molecule is COCCCNC(=O)c1cccc(C(=O)Nc2ccc3c(c2)OCO3)c1. The van der Waals surface area contributed by atoms with E-state index < -0.39 is 0 Å². The van der Waals surface area contributed by atoms with E-state index in [9.17, 15) is 9.59 Å². The van der Waals surface area contributed by atoms with E-state index in [2.05, 4.69) is 10.6 Å². The minimum atomic E-state index is -0.308. The van der Waals surface area contributed by atoms with Gasteiger partial charge in [-0.25, -0.2) is 0 Å². The number of rotatable bonds is 7. The summed E-state index contributed by atoms with van der Waals surface area (Å²) in [5.74, 6) is 0.707. The van der Waals surface area contributed by atoms with Gasteiger partial charge in [0.15, 0.2) is 11.5 Å². The highest BCUT2D eigenvalue weighted by molar-refractivity contribution is 6.06. The third-order valence-corrected chi connectivity index (χ3v) is 3.83. The Bertz CT molecular complexity index is 806. The number of amides is 2. The van der Waals surface area contributed by atoms with Crippen LogP contribution in [-0.4, -0.2) is 38.9 Å². The first-order valence-corrected chi connectivity index (χ1v) is 8.25. The molecule has 3 rings (SSSR count). The van der Waals surface area contributed by atoms with E-state index in [0.29, 0.717) is 41.5 Å². The van der Waals surface area contributed by atoms with Crippen LogP contribution < -0.4 is 20.1 Å². The molecule has 0 aliphatic carbocycles. The van der Waals surface area contributed by atoms with Crippen molar-refractivity contribution in [3.63, 3.8) is 0 Å². The predicted molar refractivity (Wildman–Crippen MR) is 95.8 cm³/mol. The maximum Gasteiger partial charge on any atom is 0.255 e. The van der Waals surface area contributed by atoms with Crippen molar-refractivity contribution in [1.82, 2.24) is 5.32 Å². The van der Waals surface area contributed by atoms with Crippen LogP contribution in [-0.2, 0) is 4.74 Å². The lowest BCUT2D eigenvalue weighted by atomic mass is 10.1. The van der Waals surface area contributed by atoms with Gasteiger partial charge in [-0.3, -0.25) is 9.59 Å². The van der Waals surface area contributed by atoms with Crippen LogP contribution in [0.1, 0.15) is 27.1 Å². The molecule has 0 saturated carbocycles. The number of carbonyl (C=O) groups is 2. The quantitative estimate of drug-likeness (QED) is 0.744. The Hall–Kier alpha value is -3.06. The summed E-state index contributed by atoms with van der Waals surface area (Å²) >= 11 is 0. The fourth-order valence-electron chi connectivity index (χ4n) is 2.50. The highest BCUT2D eigenvalue weighted by atomic mass is 16.7. The largest absolute Gasteiger partial charge is 0.454 e. The van der Waals surface area contributed by atoms with Crippen LogP contribution in [0.15, 0.2) is 42.5 Å². The first-order valence-electron chi connectivity index (χ1n) is 8.25. The molecule has 2 N–H and O–H groups in total. The van der Waals surface area contributed by atoms with Crippen LogP contribution in [0.25, 0.3) is 0 Å². The standard InChI is InChI=1S/C19H20N2O5/c1-24-9-3-8-20-18(22)13-4-2-5-14(10-13)19(23)21-15-6-7-16-17(11-15)26-12-25-16/h2,4-7,10-11H,3,8-9,12H2,1H3,(H,20,22)(H,21,23). The van der Waals surface area contributed by atoms with E-state index in [0.717, 1.165) is 6.42 Å². The maximum atomic E-state index is 12.5. The second-order valence-corrected chi connectivity index (χ2v) is 5.71. The van der Waals surface area contributed by atoms with Crippen molar-refractivity contribution in [3.8, 4) is 11.5 Å². The molecule has 0 unspecified atom stereocenters. The molecular formula is C19H20N2O5. The number of fused-ring (bicyclic) bond motifs is 1. The highest BCUT2D eigenvalue weighted by Crippen LogP contribution is 2.34. The van der Waals surface area contributed by atoms with E-state index in [-0.39, 0.29) is 18.6 Å². The molecule has 0 spiro atoms. The van der Waals surface area contributed by atoms with Gasteiger partial charge in [-0.05, 0) is 36.8 Å². The Kier molecular flexibility index (Phi) is 5.70. The number of anilines is 1. The number of hydrogen-bond acceptors (Lipinski definition) is 5. The van der Waals surface area contributed by atoms with Gasteiger partial charge in [-0.2, -0.15) is 0 Å². The van der Waals surface area contributed by atoms with Crippen molar-refractivity contribution in [2.45, 2.75) is 6.42 Å². The Morgan fingerprint density at radius 3 is 2.62 bits per heavy atom. The van der Waals surface area contributed by atoms with Gasteiger partial charge in [-0.15, -0.1) is 0 Å². The predicted octanol–water partition coefficient (Wildman–Crippen LogP) is 2.43. The molecule has 0 radical (unpaired) electrons. The molecule has 1 aliphatic rings. The number of methoxy groups -OCH3 is 1. The van der Waals surface area contributed by atoms with Gasteiger partial charge in [-0.1, -0.05) is 6.07 Å². The number of benzene rings is 2. The van der Waals surface area contributed by atoms with Crippen LogP contribution in [0.5, 0.6) is 11.5 Å². The lowest BCUT2D eigenvalue weighted by molar-refractivity contribution is 0.0948. The summed E-state index contributed by atoms with van der Waals surface area (Å²) in [6, 6.07) is 11.7. The van der Waals surface area contributed by atoms with Gasteiger partial charge < -0.3 is 24.8 Å². The third-order valence-electron chi connectivity index (χ3n) is 3.83. The molecule has 2 aromatic carbocycles. The lowest BCUT2D eigenvalue weighted by Gasteiger charge is -2.08. The molecule has 7 heteroatoms. The summed E-state index contributed by atoms with van der Waals surface area (Å²) in [5, 5.41) is 5.59. The Balaban J connectivity index is 1.63. The van der Waals surface area contributed by atoms with E-state index in [1.165, 1.54) is 0 Å². The van der Waals surface area contributed by atoms with Crippen molar-refractivity contribution in [2.75, 3.05) is 32.4 Å². The normalized spacial score (nSPS) is 11.9. The summed E-state index contributed by atoms with van der Waals surface area (Å²) in [6.07, 6.45) is 0.729. The number of carbonyl (C=O) groups excluding carboxylic acids is 2. The summed E-state index contributed by atoms with van der Waals surface area (Å²) in [5.41, 5.74) is 1.42. The molecule has 1 aliphatic heterocycles. The minimum Gasteiger partial charge on any atom is -0.454 e. The molecule has 26 heavy (non-hydrogen) atoms. The second kappa shape index (κ2) is 8.35. The van der Waals surface area contributed by atoms with Crippen LogP contribution in [0.4, 0.5) is 5.69 Å². The van der Waals surface area contributed by atoms with E-state index in [1.54, 1.807) is 49.6 Å². The maximum absolute atomic E-state index is 12.5. The van der Waals surface area contributed by atoms with Crippen molar-refractivity contribution >= 4 is 17.5 Å². The van der Waals surface area contributed by atoms with E-state index in [1.807, 2.05) is 0 Å². The molecule has 1 heterocycles. The Morgan fingerprint density at radius 2 is 1.81 bits per heavy atom. The molecule has 0 atom stereocenters. The zero-order valence-corrected chi connectivity index (χ0v) is 14.4. The number of ether oxygens (including phenoxy) is 3. The Labute approximate surface area is 151 Å².